The molecule has 0 aliphatic carbocycles. The molecule has 0 bridgehead atoms. The van der Waals surface area contributed by atoms with Crippen molar-refractivity contribution < 1.29 is 0 Å². The third-order valence-electron chi connectivity index (χ3n) is 9.76. The first-order valence-electron chi connectivity index (χ1n) is 16.7. The van der Waals surface area contributed by atoms with Gasteiger partial charge >= 0.3 is 0 Å². The summed E-state index contributed by atoms with van der Waals surface area (Å²) in [6.45, 7) is 0. The summed E-state index contributed by atoms with van der Waals surface area (Å²) in [6.07, 6.45) is 0. The van der Waals surface area contributed by atoms with Crippen LogP contribution >= 0.6 is 11.3 Å². The van der Waals surface area contributed by atoms with Gasteiger partial charge in [-0.2, -0.15) is 0 Å². The van der Waals surface area contributed by atoms with E-state index in [0.29, 0.717) is 0 Å². The Bertz CT molecular complexity index is 2810. The maximum Gasteiger partial charge on any atom is 0.0561 e. The van der Waals surface area contributed by atoms with Crippen LogP contribution in [0.15, 0.2) is 182 Å². The molecule has 0 aliphatic heterocycles. The highest BCUT2D eigenvalue weighted by atomic mass is 32.1. The number of anilines is 3. The lowest BCUT2D eigenvalue weighted by Crippen LogP contribution is -2.10. The second-order valence-electron chi connectivity index (χ2n) is 12.6. The summed E-state index contributed by atoms with van der Waals surface area (Å²) < 4.78 is 5.09. The third kappa shape index (κ3) is 4.55. The first-order chi connectivity index (χ1) is 24.3. The number of hydrogen-bond acceptors (Lipinski definition) is 2. The lowest BCUT2D eigenvalue weighted by molar-refractivity contribution is 1.18. The first kappa shape index (κ1) is 27.9. The minimum atomic E-state index is 1.12. The van der Waals surface area contributed by atoms with Crippen LogP contribution in [-0.2, 0) is 0 Å². The summed E-state index contributed by atoms with van der Waals surface area (Å²) in [7, 11) is 0. The van der Waals surface area contributed by atoms with E-state index >= 15 is 0 Å². The molecule has 0 fully saturated rings. The minimum Gasteiger partial charge on any atom is -0.310 e. The van der Waals surface area contributed by atoms with Crippen LogP contribution in [0.4, 0.5) is 17.1 Å². The fourth-order valence-corrected chi connectivity index (χ4v) is 8.71. The van der Waals surface area contributed by atoms with Crippen LogP contribution in [-0.4, -0.2) is 4.57 Å². The number of fused-ring (bicyclic) bond motifs is 8. The van der Waals surface area contributed by atoms with Gasteiger partial charge in [0, 0.05) is 53.7 Å². The molecule has 0 atom stereocenters. The van der Waals surface area contributed by atoms with Crippen molar-refractivity contribution >= 4 is 81.1 Å². The van der Waals surface area contributed by atoms with E-state index in [-0.39, 0.29) is 0 Å². The number of nitrogens with zero attached hydrogens (tertiary/aromatic N) is 2. The highest BCUT2D eigenvalue weighted by Crippen LogP contribution is 2.42. The van der Waals surface area contributed by atoms with Crippen molar-refractivity contribution in [1.82, 2.24) is 4.57 Å². The molecule has 49 heavy (non-hydrogen) atoms. The zero-order valence-electron chi connectivity index (χ0n) is 26.6. The molecular formula is C46H30N2S. The number of rotatable bonds is 5. The van der Waals surface area contributed by atoms with Gasteiger partial charge in [-0.05, 0) is 88.6 Å². The summed E-state index contributed by atoms with van der Waals surface area (Å²) in [5.74, 6) is 0. The Morgan fingerprint density at radius 2 is 1.00 bits per heavy atom. The molecule has 0 unspecified atom stereocenters. The molecule has 0 spiro atoms. The zero-order valence-corrected chi connectivity index (χ0v) is 27.4. The number of aromatic nitrogens is 1. The van der Waals surface area contributed by atoms with Crippen LogP contribution in [0.3, 0.4) is 0 Å². The van der Waals surface area contributed by atoms with Crippen molar-refractivity contribution in [3.05, 3.63) is 182 Å². The van der Waals surface area contributed by atoms with E-state index in [2.05, 4.69) is 191 Å². The molecule has 10 rings (SSSR count). The molecule has 0 aliphatic rings. The summed E-state index contributed by atoms with van der Waals surface area (Å²) in [5, 5.41) is 7.77. The fraction of sp³-hybridized carbons (Fsp3) is 0. The second kappa shape index (κ2) is 11.2. The van der Waals surface area contributed by atoms with Gasteiger partial charge in [0.2, 0.25) is 0 Å². The normalized spacial score (nSPS) is 11.7. The molecule has 0 saturated carbocycles. The zero-order chi connectivity index (χ0) is 32.3. The monoisotopic (exact) mass is 642 g/mol. The average Bonchev–Trinajstić information content (AvgIpc) is 3.72. The molecule has 8 aromatic carbocycles. The summed E-state index contributed by atoms with van der Waals surface area (Å²) >= 11 is 1.89. The summed E-state index contributed by atoms with van der Waals surface area (Å²) in [5.41, 5.74) is 9.33. The number of thiophene rings is 1. The van der Waals surface area contributed by atoms with Crippen molar-refractivity contribution in [2.75, 3.05) is 4.90 Å². The van der Waals surface area contributed by atoms with Gasteiger partial charge < -0.3 is 9.47 Å². The van der Waals surface area contributed by atoms with Gasteiger partial charge in [-0.15, -0.1) is 11.3 Å². The standard InChI is InChI=1S/C46H30N2S/c1-3-11-34(12-4-1)47(37-25-28-40-39-15-7-9-17-43(39)48(44(40)30-37)35-13-5-2-6-14-35)36-23-19-31(20-24-36)32-21-26-38-33(29-32)22-27-42-41-16-8-10-18-45(41)49-46(38)42/h1-30H. The Hall–Kier alpha value is -6.16. The first-order valence-corrected chi connectivity index (χ1v) is 17.5. The molecule has 0 saturated heterocycles. The van der Waals surface area contributed by atoms with E-state index in [4.69, 9.17) is 0 Å². The molecule has 2 nitrogen and oxygen atoms in total. The number of hydrogen-bond donors (Lipinski definition) is 0. The van der Waals surface area contributed by atoms with Crippen LogP contribution in [0, 0.1) is 0 Å². The van der Waals surface area contributed by atoms with E-state index in [1.165, 1.54) is 63.9 Å². The van der Waals surface area contributed by atoms with Crippen molar-refractivity contribution in [3.63, 3.8) is 0 Å². The van der Waals surface area contributed by atoms with Gasteiger partial charge in [0.1, 0.15) is 0 Å². The molecule has 230 valence electrons. The highest BCUT2D eigenvalue weighted by Gasteiger charge is 2.17. The van der Waals surface area contributed by atoms with Crippen molar-refractivity contribution in [3.8, 4) is 16.8 Å². The van der Waals surface area contributed by atoms with Gasteiger partial charge in [-0.1, -0.05) is 115 Å². The summed E-state index contributed by atoms with van der Waals surface area (Å²) in [6, 6.07) is 66.1. The van der Waals surface area contributed by atoms with Gasteiger partial charge in [0.05, 0.1) is 11.0 Å². The van der Waals surface area contributed by atoms with Crippen LogP contribution in [0.2, 0.25) is 0 Å². The van der Waals surface area contributed by atoms with Crippen molar-refractivity contribution in [2.24, 2.45) is 0 Å². The lowest BCUT2D eigenvalue weighted by atomic mass is 9.99. The molecule has 0 amide bonds. The van der Waals surface area contributed by atoms with E-state index < -0.39 is 0 Å². The quantitative estimate of drug-likeness (QED) is 0.181. The van der Waals surface area contributed by atoms with Crippen molar-refractivity contribution in [2.45, 2.75) is 0 Å². The molecule has 2 aromatic heterocycles. The Morgan fingerprint density at radius 1 is 0.388 bits per heavy atom. The molecular weight excluding hydrogens is 613 g/mol. The van der Waals surface area contributed by atoms with E-state index in [9.17, 15) is 0 Å². The van der Waals surface area contributed by atoms with E-state index in [0.717, 1.165) is 22.7 Å². The molecule has 0 N–H and O–H groups in total. The summed E-state index contributed by atoms with van der Waals surface area (Å²) in [4.78, 5) is 2.36. The molecule has 0 radical (unpaired) electrons. The van der Waals surface area contributed by atoms with Crippen LogP contribution < -0.4 is 4.90 Å². The van der Waals surface area contributed by atoms with Gasteiger partial charge in [-0.25, -0.2) is 0 Å². The molecule has 2 heterocycles. The lowest BCUT2D eigenvalue weighted by Gasteiger charge is -2.26. The number of benzene rings is 8. The van der Waals surface area contributed by atoms with E-state index in [1.807, 2.05) is 11.3 Å². The van der Waals surface area contributed by atoms with Crippen LogP contribution in [0.1, 0.15) is 0 Å². The maximum atomic E-state index is 2.38. The Balaban J connectivity index is 1.08. The topological polar surface area (TPSA) is 8.17 Å². The average molecular weight is 643 g/mol. The maximum absolute atomic E-state index is 2.38. The minimum absolute atomic E-state index is 1.12. The predicted octanol–water partition coefficient (Wildman–Crippen LogP) is 13.4. The van der Waals surface area contributed by atoms with Gasteiger partial charge in [0.15, 0.2) is 0 Å². The SMILES string of the molecule is c1ccc(N(c2ccc(-c3ccc4c(ccc5c6ccccc6sc45)c3)cc2)c2ccc3c4ccccc4n(-c4ccccc4)c3c2)cc1. The van der Waals surface area contributed by atoms with Crippen LogP contribution in [0.5, 0.6) is 0 Å². The highest BCUT2D eigenvalue weighted by molar-refractivity contribution is 7.26. The molecule has 10 aromatic rings. The fourth-order valence-electron chi connectivity index (χ4n) is 7.47. The predicted molar refractivity (Wildman–Crippen MR) is 211 cm³/mol. The Kier molecular flexibility index (Phi) is 6.39. The second-order valence-corrected chi connectivity index (χ2v) is 13.6. The molecule has 3 heteroatoms. The Morgan fingerprint density at radius 3 is 1.84 bits per heavy atom. The third-order valence-corrected chi connectivity index (χ3v) is 11.0. The largest absolute Gasteiger partial charge is 0.310 e. The van der Waals surface area contributed by atoms with Gasteiger partial charge in [-0.3, -0.25) is 0 Å². The smallest absolute Gasteiger partial charge is 0.0561 e. The number of para-hydroxylation sites is 3. The van der Waals surface area contributed by atoms with Gasteiger partial charge in [0.25, 0.3) is 0 Å². The van der Waals surface area contributed by atoms with Crippen LogP contribution in [0.25, 0.3) is 69.6 Å². The van der Waals surface area contributed by atoms with E-state index in [1.54, 1.807) is 0 Å². The Labute approximate surface area is 288 Å². The van der Waals surface area contributed by atoms with Crippen molar-refractivity contribution in [1.29, 1.82) is 0 Å².